The van der Waals surface area contributed by atoms with Crippen LogP contribution in [-0.2, 0) is 6.54 Å². The first-order valence-electron chi connectivity index (χ1n) is 6.32. The number of benzene rings is 1. The molecule has 0 bridgehead atoms. The van der Waals surface area contributed by atoms with Crippen molar-refractivity contribution in [1.29, 1.82) is 0 Å². The maximum Gasteiger partial charge on any atom is 0.184 e. The monoisotopic (exact) mass is 296 g/mol. The summed E-state index contributed by atoms with van der Waals surface area (Å²) in [5.74, 6) is -2.16. The number of hydrogen-bond acceptors (Lipinski definition) is 4. The van der Waals surface area contributed by atoms with E-state index in [2.05, 4.69) is 5.10 Å². The molecule has 2 rings (SSSR count). The highest BCUT2D eigenvalue weighted by Gasteiger charge is 2.17. The van der Waals surface area contributed by atoms with Gasteiger partial charge in [-0.25, -0.2) is 8.78 Å². The van der Waals surface area contributed by atoms with Crippen LogP contribution in [0.25, 0.3) is 0 Å². The fourth-order valence-electron chi connectivity index (χ4n) is 1.96. The fourth-order valence-corrected chi connectivity index (χ4v) is 1.96. The van der Waals surface area contributed by atoms with E-state index in [1.54, 1.807) is 6.92 Å². The smallest absolute Gasteiger partial charge is 0.184 e. The molecule has 0 spiro atoms. The Bertz CT molecular complexity index is 645. The number of aromatic nitrogens is 2. The van der Waals surface area contributed by atoms with Crippen molar-refractivity contribution in [3.05, 3.63) is 52.9 Å². The molecule has 0 aliphatic carbocycles. The Kier molecular flexibility index (Phi) is 4.44. The van der Waals surface area contributed by atoms with Gasteiger partial charge in [0.1, 0.15) is 11.6 Å². The van der Waals surface area contributed by atoms with Crippen LogP contribution >= 0.6 is 0 Å². The van der Waals surface area contributed by atoms with Gasteiger partial charge in [0, 0.05) is 12.6 Å². The Hall–Kier alpha value is -2.12. The summed E-state index contributed by atoms with van der Waals surface area (Å²) in [7, 11) is 0. The SMILES string of the molecule is CCC(=O)c1cnn(Cc2cc(F)c(C(O)O)c(F)c2)c1. The molecule has 0 aliphatic rings. The van der Waals surface area contributed by atoms with Gasteiger partial charge in [-0.15, -0.1) is 0 Å². The van der Waals surface area contributed by atoms with Crippen molar-refractivity contribution in [2.45, 2.75) is 26.2 Å². The van der Waals surface area contributed by atoms with E-state index >= 15 is 0 Å². The number of carbonyl (C=O) groups excluding carboxylic acids is 1. The predicted octanol–water partition coefficient (Wildman–Crippen LogP) is 1.79. The topological polar surface area (TPSA) is 75.4 Å². The number of aliphatic hydroxyl groups is 2. The fraction of sp³-hybridized carbons (Fsp3) is 0.286. The molecule has 0 saturated carbocycles. The zero-order valence-electron chi connectivity index (χ0n) is 11.3. The van der Waals surface area contributed by atoms with E-state index in [1.165, 1.54) is 17.1 Å². The van der Waals surface area contributed by atoms with E-state index in [0.29, 0.717) is 12.0 Å². The second-order valence-corrected chi connectivity index (χ2v) is 4.55. The summed E-state index contributed by atoms with van der Waals surface area (Å²) in [4.78, 5) is 11.5. The molecule has 7 heteroatoms. The minimum absolute atomic E-state index is 0.0621. The van der Waals surface area contributed by atoms with Gasteiger partial charge in [-0.05, 0) is 17.7 Å². The number of halogens is 2. The molecule has 0 amide bonds. The van der Waals surface area contributed by atoms with Crippen LogP contribution in [0, 0.1) is 11.6 Å². The van der Waals surface area contributed by atoms with Crippen LogP contribution in [0.5, 0.6) is 0 Å². The Morgan fingerprint density at radius 3 is 2.48 bits per heavy atom. The minimum atomic E-state index is -2.21. The van der Waals surface area contributed by atoms with Crippen molar-refractivity contribution in [3.8, 4) is 0 Å². The molecular formula is C14H14F2N2O3. The molecule has 0 unspecified atom stereocenters. The van der Waals surface area contributed by atoms with Gasteiger partial charge >= 0.3 is 0 Å². The number of aliphatic hydroxyl groups excluding tert-OH is 1. The number of hydrogen-bond donors (Lipinski definition) is 2. The van der Waals surface area contributed by atoms with Crippen molar-refractivity contribution in [3.63, 3.8) is 0 Å². The summed E-state index contributed by atoms with van der Waals surface area (Å²) in [6.07, 6.45) is 1.02. The van der Waals surface area contributed by atoms with Crippen LogP contribution in [0.2, 0.25) is 0 Å². The van der Waals surface area contributed by atoms with Gasteiger partial charge in [-0.1, -0.05) is 6.92 Å². The number of ketones is 1. The Morgan fingerprint density at radius 2 is 1.95 bits per heavy atom. The van der Waals surface area contributed by atoms with Crippen molar-refractivity contribution < 1.29 is 23.8 Å². The maximum absolute atomic E-state index is 13.6. The number of rotatable bonds is 5. The third-order valence-electron chi connectivity index (χ3n) is 3.02. The molecule has 0 fully saturated rings. The molecule has 21 heavy (non-hydrogen) atoms. The van der Waals surface area contributed by atoms with E-state index in [-0.39, 0.29) is 17.9 Å². The molecule has 0 saturated heterocycles. The highest BCUT2D eigenvalue weighted by molar-refractivity contribution is 5.95. The molecule has 2 N–H and O–H groups in total. The van der Waals surface area contributed by atoms with Gasteiger partial charge in [0.15, 0.2) is 12.1 Å². The Balaban J connectivity index is 2.24. The first-order chi connectivity index (χ1) is 9.92. The molecule has 2 aromatic rings. The molecule has 0 atom stereocenters. The molecule has 0 radical (unpaired) electrons. The number of carbonyl (C=O) groups is 1. The van der Waals surface area contributed by atoms with Gasteiger partial charge in [0.2, 0.25) is 0 Å². The lowest BCUT2D eigenvalue weighted by molar-refractivity contribution is -0.0475. The lowest BCUT2D eigenvalue weighted by Crippen LogP contribution is -2.07. The lowest BCUT2D eigenvalue weighted by atomic mass is 10.1. The first kappa shape index (κ1) is 15.3. The van der Waals surface area contributed by atoms with Crippen molar-refractivity contribution in [2.75, 3.05) is 0 Å². The molecule has 5 nitrogen and oxygen atoms in total. The van der Waals surface area contributed by atoms with Crippen LogP contribution in [0.3, 0.4) is 0 Å². The summed E-state index contributed by atoms with van der Waals surface area (Å²) in [5, 5.41) is 21.7. The molecule has 1 aromatic heterocycles. The van der Waals surface area contributed by atoms with E-state index in [1.807, 2.05) is 0 Å². The van der Waals surface area contributed by atoms with E-state index in [4.69, 9.17) is 10.2 Å². The largest absolute Gasteiger partial charge is 0.364 e. The van der Waals surface area contributed by atoms with E-state index in [9.17, 15) is 13.6 Å². The molecule has 0 aliphatic heterocycles. The standard InChI is InChI=1S/C14H14F2N2O3/c1-2-12(19)9-5-17-18(7-9)6-8-3-10(15)13(14(20)21)11(16)4-8/h3-5,7,14,20-21H,2,6H2,1H3. The quantitative estimate of drug-likeness (QED) is 0.651. The molecule has 112 valence electrons. The Morgan fingerprint density at radius 1 is 1.33 bits per heavy atom. The van der Waals surface area contributed by atoms with Gasteiger partial charge in [0.25, 0.3) is 0 Å². The lowest BCUT2D eigenvalue weighted by Gasteiger charge is -2.09. The highest BCUT2D eigenvalue weighted by atomic mass is 19.1. The average Bonchev–Trinajstić information content (AvgIpc) is 2.85. The zero-order chi connectivity index (χ0) is 15.6. The Labute approximate surface area is 119 Å². The summed E-state index contributed by atoms with van der Waals surface area (Å²) >= 11 is 0. The van der Waals surface area contributed by atoms with Crippen LogP contribution in [0.1, 0.15) is 41.1 Å². The summed E-state index contributed by atoms with van der Waals surface area (Å²) in [6.45, 7) is 1.79. The third-order valence-corrected chi connectivity index (χ3v) is 3.02. The summed E-state index contributed by atoms with van der Waals surface area (Å²) in [5.41, 5.74) is -0.102. The predicted molar refractivity (Wildman–Crippen MR) is 69.5 cm³/mol. The van der Waals surface area contributed by atoms with Crippen molar-refractivity contribution >= 4 is 5.78 Å². The average molecular weight is 296 g/mol. The molecule has 1 heterocycles. The zero-order valence-corrected chi connectivity index (χ0v) is 11.3. The second kappa shape index (κ2) is 6.11. The van der Waals surface area contributed by atoms with E-state index < -0.39 is 23.5 Å². The van der Waals surface area contributed by atoms with E-state index in [0.717, 1.165) is 12.1 Å². The summed E-state index contributed by atoms with van der Waals surface area (Å²) < 4.78 is 28.6. The third kappa shape index (κ3) is 3.32. The first-order valence-corrected chi connectivity index (χ1v) is 6.32. The molecule has 1 aromatic carbocycles. The number of Topliss-reactive ketones (excluding diaryl/α,β-unsaturated/α-hetero) is 1. The normalized spacial score (nSPS) is 11.1. The number of nitrogens with zero attached hydrogens (tertiary/aromatic N) is 2. The van der Waals surface area contributed by atoms with Gasteiger partial charge in [-0.3, -0.25) is 9.48 Å². The van der Waals surface area contributed by atoms with Gasteiger partial charge < -0.3 is 10.2 Å². The molecular weight excluding hydrogens is 282 g/mol. The van der Waals surface area contributed by atoms with Gasteiger partial charge in [0.05, 0.1) is 23.9 Å². The van der Waals surface area contributed by atoms with Crippen molar-refractivity contribution in [1.82, 2.24) is 9.78 Å². The second-order valence-electron chi connectivity index (χ2n) is 4.55. The van der Waals surface area contributed by atoms with Crippen LogP contribution < -0.4 is 0 Å². The van der Waals surface area contributed by atoms with Crippen molar-refractivity contribution in [2.24, 2.45) is 0 Å². The maximum atomic E-state index is 13.6. The minimum Gasteiger partial charge on any atom is -0.364 e. The van der Waals surface area contributed by atoms with Gasteiger partial charge in [-0.2, -0.15) is 5.10 Å². The summed E-state index contributed by atoms with van der Waals surface area (Å²) in [6, 6.07) is 2.00. The van der Waals surface area contributed by atoms with Crippen LogP contribution in [-0.4, -0.2) is 25.8 Å². The highest BCUT2D eigenvalue weighted by Crippen LogP contribution is 2.21. The van der Waals surface area contributed by atoms with Crippen LogP contribution in [0.4, 0.5) is 8.78 Å². The van der Waals surface area contributed by atoms with Crippen LogP contribution in [0.15, 0.2) is 24.5 Å².